The van der Waals surface area contributed by atoms with Crippen molar-refractivity contribution in [2.45, 2.75) is 37.3 Å². The number of anilines is 1. The average molecular weight is 268 g/mol. The number of hydrogen-bond donors (Lipinski definition) is 2. The number of hydrogen-bond acceptors (Lipinski definition) is 2. The molecule has 3 atom stereocenters. The maximum Gasteiger partial charge on any atom is 0.0747 e. The summed E-state index contributed by atoms with van der Waals surface area (Å²) in [6, 6.07) is 6.58. The van der Waals surface area contributed by atoms with Gasteiger partial charge in [0.1, 0.15) is 0 Å². The van der Waals surface area contributed by atoms with Crippen LogP contribution < -0.4 is 5.32 Å². The predicted molar refractivity (Wildman–Crippen MR) is 64.2 cm³/mol. The van der Waals surface area contributed by atoms with Crippen molar-refractivity contribution in [2.24, 2.45) is 0 Å². The van der Waals surface area contributed by atoms with Gasteiger partial charge in [0.25, 0.3) is 0 Å². The van der Waals surface area contributed by atoms with E-state index in [1.54, 1.807) is 0 Å². The fourth-order valence-electron chi connectivity index (χ4n) is 2.87. The van der Waals surface area contributed by atoms with Crippen LogP contribution in [0.15, 0.2) is 22.7 Å². The largest absolute Gasteiger partial charge is 0.391 e. The first kappa shape index (κ1) is 9.67. The van der Waals surface area contributed by atoms with E-state index in [0.29, 0.717) is 5.92 Å². The summed E-state index contributed by atoms with van der Waals surface area (Å²) in [5.74, 6) is 0.501. The molecule has 1 aromatic carbocycles. The number of aliphatic hydroxyl groups is 1. The summed E-state index contributed by atoms with van der Waals surface area (Å²) in [5, 5.41) is 13.4. The summed E-state index contributed by atoms with van der Waals surface area (Å²) in [5.41, 5.74) is 2.57. The number of rotatable bonds is 0. The molecule has 0 bridgehead atoms. The Balaban J connectivity index is 2.01. The zero-order valence-electron chi connectivity index (χ0n) is 8.41. The number of nitrogens with one attached hydrogen (secondary N) is 1. The zero-order valence-corrected chi connectivity index (χ0v) is 10.00. The van der Waals surface area contributed by atoms with Gasteiger partial charge in [0.15, 0.2) is 0 Å². The van der Waals surface area contributed by atoms with Gasteiger partial charge in [-0.3, -0.25) is 0 Å². The molecule has 1 saturated carbocycles. The van der Waals surface area contributed by atoms with Crippen molar-refractivity contribution >= 4 is 21.6 Å². The second-order valence-electron chi connectivity index (χ2n) is 4.51. The second kappa shape index (κ2) is 3.49. The molecule has 2 nitrogen and oxygen atoms in total. The molecule has 15 heavy (non-hydrogen) atoms. The van der Waals surface area contributed by atoms with Crippen LogP contribution in [0.1, 0.15) is 30.7 Å². The normalized spacial score (nSPS) is 33.1. The highest BCUT2D eigenvalue weighted by Crippen LogP contribution is 2.44. The summed E-state index contributed by atoms with van der Waals surface area (Å²) in [4.78, 5) is 0. The lowest BCUT2D eigenvalue weighted by Gasteiger charge is -2.30. The molecule has 1 aliphatic heterocycles. The standard InChI is InChI=1S/C12H14BrNO/c13-7-4-5-10-9(6-7)8-2-1-3-11(15)12(8)14-10/h4-6,8,11-12,14-15H,1-3H2. The molecule has 2 aliphatic rings. The van der Waals surface area contributed by atoms with Gasteiger partial charge >= 0.3 is 0 Å². The van der Waals surface area contributed by atoms with Gasteiger partial charge in [-0.2, -0.15) is 0 Å². The smallest absolute Gasteiger partial charge is 0.0747 e. The van der Waals surface area contributed by atoms with Gasteiger partial charge in [0.05, 0.1) is 12.1 Å². The predicted octanol–water partition coefficient (Wildman–Crippen LogP) is 2.87. The summed E-state index contributed by atoms with van der Waals surface area (Å²) in [7, 11) is 0. The first-order valence-electron chi connectivity index (χ1n) is 5.50. The van der Waals surface area contributed by atoms with Crippen LogP contribution in [0, 0.1) is 0 Å². The summed E-state index contributed by atoms with van der Waals surface area (Å²) >= 11 is 3.51. The van der Waals surface area contributed by atoms with Crippen molar-refractivity contribution in [3.05, 3.63) is 28.2 Å². The van der Waals surface area contributed by atoms with Crippen LogP contribution in [0.25, 0.3) is 0 Å². The summed E-state index contributed by atoms with van der Waals surface area (Å²) < 4.78 is 1.13. The minimum Gasteiger partial charge on any atom is -0.391 e. The zero-order chi connectivity index (χ0) is 10.4. The van der Waals surface area contributed by atoms with Crippen LogP contribution in [0.5, 0.6) is 0 Å². The van der Waals surface area contributed by atoms with Gasteiger partial charge in [0.2, 0.25) is 0 Å². The van der Waals surface area contributed by atoms with Crippen LogP contribution in [-0.4, -0.2) is 17.3 Å². The molecule has 0 amide bonds. The molecule has 3 heteroatoms. The Bertz CT molecular complexity index is 393. The molecule has 0 spiro atoms. The van der Waals surface area contributed by atoms with Crippen molar-refractivity contribution in [2.75, 3.05) is 5.32 Å². The summed E-state index contributed by atoms with van der Waals surface area (Å²) in [6.07, 6.45) is 3.08. The second-order valence-corrected chi connectivity index (χ2v) is 5.42. The highest BCUT2D eigenvalue weighted by Gasteiger charge is 2.38. The Morgan fingerprint density at radius 3 is 3.07 bits per heavy atom. The molecule has 0 aromatic heterocycles. The molecular formula is C12H14BrNO. The SMILES string of the molecule is OC1CCCC2c3cc(Br)ccc3NC12. The third-order valence-corrected chi connectivity index (χ3v) is 4.09. The van der Waals surface area contributed by atoms with E-state index in [1.165, 1.54) is 17.7 Å². The van der Waals surface area contributed by atoms with Gasteiger partial charge in [-0.1, -0.05) is 22.4 Å². The van der Waals surface area contributed by atoms with Crippen LogP contribution in [0.4, 0.5) is 5.69 Å². The minimum atomic E-state index is -0.185. The highest BCUT2D eigenvalue weighted by atomic mass is 79.9. The van der Waals surface area contributed by atoms with Crippen molar-refractivity contribution in [3.8, 4) is 0 Å². The first-order chi connectivity index (χ1) is 7.25. The van der Waals surface area contributed by atoms with Gasteiger partial charge in [-0.05, 0) is 36.6 Å². The quantitative estimate of drug-likeness (QED) is 0.758. The number of fused-ring (bicyclic) bond motifs is 3. The van der Waals surface area contributed by atoms with Crippen LogP contribution in [0.3, 0.4) is 0 Å². The molecule has 0 radical (unpaired) electrons. The van der Waals surface area contributed by atoms with E-state index in [-0.39, 0.29) is 12.1 Å². The van der Waals surface area contributed by atoms with E-state index in [0.717, 1.165) is 17.3 Å². The van der Waals surface area contributed by atoms with E-state index in [9.17, 15) is 5.11 Å². The van der Waals surface area contributed by atoms with E-state index in [2.05, 4.69) is 39.4 Å². The van der Waals surface area contributed by atoms with E-state index in [1.807, 2.05) is 0 Å². The fraction of sp³-hybridized carbons (Fsp3) is 0.500. The molecule has 1 fully saturated rings. The van der Waals surface area contributed by atoms with E-state index >= 15 is 0 Å². The molecule has 2 N–H and O–H groups in total. The molecular weight excluding hydrogens is 254 g/mol. The molecule has 3 rings (SSSR count). The van der Waals surface area contributed by atoms with Crippen LogP contribution in [0.2, 0.25) is 0 Å². The number of benzene rings is 1. The Hall–Kier alpha value is -0.540. The lowest BCUT2D eigenvalue weighted by molar-refractivity contribution is 0.109. The topological polar surface area (TPSA) is 32.3 Å². The third-order valence-electron chi connectivity index (χ3n) is 3.60. The fourth-order valence-corrected chi connectivity index (χ4v) is 3.25. The minimum absolute atomic E-state index is 0.185. The number of aliphatic hydroxyl groups excluding tert-OH is 1. The Labute approximate surface area is 97.8 Å². The van der Waals surface area contributed by atoms with Crippen molar-refractivity contribution in [1.82, 2.24) is 0 Å². The molecule has 1 aromatic rings. The molecule has 80 valence electrons. The monoisotopic (exact) mass is 267 g/mol. The molecule has 0 saturated heterocycles. The molecule has 3 unspecified atom stereocenters. The highest BCUT2D eigenvalue weighted by molar-refractivity contribution is 9.10. The van der Waals surface area contributed by atoms with Crippen LogP contribution in [-0.2, 0) is 0 Å². The average Bonchev–Trinajstić information content (AvgIpc) is 2.58. The molecule has 1 heterocycles. The van der Waals surface area contributed by atoms with E-state index in [4.69, 9.17) is 0 Å². The van der Waals surface area contributed by atoms with Crippen molar-refractivity contribution < 1.29 is 5.11 Å². The maximum absolute atomic E-state index is 9.95. The Kier molecular flexibility index (Phi) is 2.25. The Morgan fingerprint density at radius 2 is 2.20 bits per heavy atom. The summed E-state index contributed by atoms with van der Waals surface area (Å²) in [6.45, 7) is 0. The Morgan fingerprint density at radius 1 is 1.33 bits per heavy atom. The van der Waals surface area contributed by atoms with Gasteiger partial charge in [-0.25, -0.2) is 0 Å². The lowest BCUT2D eigenvalue weighted by atomic mass is 9.81. The van der Waals surface area contributed by atoms with Gasteiger partial charge in [-0.15, -0.1) is 0 Å². The van der Waals surface area contributed by atoms with Crippen LogP contribution >= 0.6 is 15.9 Å². The van der Waals surface area contributed by atoms with Gasteiger partial charge in [0, 0.05) is 16.1 Å². The van der Waals surface area contributed by atoms with Crippen molar-refractivity contribution in [1.29, 1.82) is 0 Å². The van der Waals surface area contributed by atoms with E-state index < -0.39 is 0 Å². The third kappa shape index (κ3) is 1.49. The lowest BCUT2D eigenvalue weighted by Crippen LogP contribution is -2.37. The first-order valence-corrected chi connectivity index (χ1v) is 6.29. The molecule has 1 aliphatic carbocycles. The number of halogens is 1. The van der Waals surface area contributed by atoms with Crippen molar-refractivity contribution in [3.63, 3.8) is 0 Å². The maximum atomic E-state index is 9.95. The van der Waals surface area contributed by atoms with Gasteiger partial charge < -0.3 is 10.4 Å².